The molecular formula is C26H25FN4O5. The number of nitrogens with one attached hydrogen (secondary N) is 2. The topological polar surface area (TPSA) is 102 Å². The van der Waals surface area contributed by atoms with E-state index in [1.54, 1.807) is 39.8 Å². The quantitative estimate of drug-likeness (QED) is 0.492. The molecule has 6 rings (SSSR count). The van der Waals surface area contributed by atoms with Gasteiger partial charge >= 0.3 is 6.09 Å². The second-order valence-electron chi connectivity index (χ2n) is 9.36. The monoisotopic (exact) mass is 492 g/mol. The predicted molar refractivity (Wildman–Crippen MR) is 131 cm³/mol. The van der Waals surface area contributed by atoms with Crippen molar-refractivity contribution in [3.8, 4) is 5.75 Å². The molecule has 0 unspecified atom stereocenters. The van der Waals surface area contributed by atoms with E-state index in [4.69, 9.17) is 9.47 Å². The average Bonchev–Trinajstić information content (AvgIpc) is 3.44. The van der Waals surface area contributed by atoms with E-state index in [-0.39, 0.29) is 35.9 Å². The lowest BCUT2D eigenvalue weighted by Gasteiger charge is -2.20. The maximum Gasteiger partial charge on any atom is 0.414 e. The number of amides is 2. The molecule has 186 valence electrons. The maximum atomic E-state index is 14.6. The van der Waals surface area contributed by atoms with Gasteiger partial charge in [-0.1, -0.05) is 0 Å². The normalized spacial score (nSPS) is 20.3. The van der Waals surface area contributed by atoms with Crippen LogP contribution in [0.3, 0.4) is 0 Å². The van der Waals surface area contributed by atoms with Crippen molar-refractivity contribution in [1.29, 1.82) is 0 Å². The van der Waals surface area contributed by atoms with Gasteiger partial charge in [-0.25, -0.2) is 9.18 Å². The van der Waals surface area contributed by atoms with Crippen LogP contribution in [0.15, 0.2) is 47.3 Å². The first-order valence-electron chi connectivity index (χ1n) is 12.1. The van der Waals surface area contributed by atoms with Crippen LogP contribution in [0, 0.1) is 5.82 Å². The van der Waals surface area contributed by atoms with Crippen LogP contribution in [0.2, 0.25) is 0 Å². The molecule has 0 bridgehead atoms. The number of pyridine rings is 1. The van der Waals surface area contributed by atoms with Crippen molar-refractivity contribution in [3.05, 3.63) is 64.2 Å². The second-order valence-corrected chi connectivity index (χ2v) is 9.36. The number of nitrogens with zero attached hydrogens (tertiary/aromatic N) is 2. The number of hydrogen-bond acceptors (Lipinski definition) is 6. The summed E-state index contributed by atoms with van der Waals surface area (Å²) in [5.74, 6) is -0.0589. The summed E-state index contributed by atoms with van der Waals surface area (Å²) in [6, 6.07) is 11.7. The highest BCUT2D eigenvalue weighted by Gasteiger charge is 2.33. The molecule has 3 aromatic rings. The number of fused-ring (bicyclic) bond motifs is 1. The van der Waals surface area contributed by atoms with Crippen LogP contribution in [0.1, 0.15) is 24.3 Å². The Hall–Kier alpha value is -3.92. The second kappa shape index (κ2) is 8.94. The largest absolute Gasteiger partial charge is 0.482 e. The highest BCUT2D eigenvalue weighted by atomic mass is 19.1. The van der Waals surface area contributed by atoms with Gasteiger partial charge in [0, 0.05) is 36.3 Å². The zero-order valence-corrected chi connectivity index (χ0v) is 19.5. The molecule has 10 heteroatoms. The Kier molecular flexibility index (Phi) is 5.60. The fourth-order valence-corrected chi connectivity index (χ4v) is 5.30. The molecule has 1 fully saturated rings. The van der Waals surface area contributed by atoms with Crippen LogP contribution in [-0.2, 0) is 16.1 Å². The summed E-state index contributed by atoms with van der Waals surface area (Å²) in [5, 5.41) is 6.99. The van der Waals surface area contributed by atoms with Crippen LogP contribution < -0.4 is 25.8 Å². The molecule has 4 heterocycles. The number of ether oxygens (including phenoxy) is 2. The van der Waals surface area contributed by atoms with E-state index in [0.717, 1.165) is 11.8 Å². The van der Waals surface area contributed by atoms with E-state index in [2.05, 4.69) is 10.6 Å². The summed E-state index contributed by atoms with van der Waals surface area (Å²) in [6.07, 6.45) is 0.774. The first-order valence-corrected chi connectivity index (χ1v) is 12.1. The van der Waals surface area contributed by atoms with Crippen LogP contribution in [0.25, 0.3) is 10.9 Å². The predicted octanol–water partition coefficient (Wildman–Crippen LogP) is 2.96. The number of aromatic nitrogens is 1. The van der Waals surface area contributed by atoms with Crippen molar-refractivity contribution in [1.82, 2.24) is 9.88 Å². The first-order chi connectivity index (χ1) is 17.5. The van der Waals surface area contributed by atoms with Gasteiger partial charge in [0.25, 0.3) is 11.5 Å². The Labute approximate surface area is 205 Å². The van der Waals surface area contributed by atoms with Crippen molar-refractivity contribution in [2.45, 2.75) is 31.4 Å². The number of rotatable bonds is 7. The van der Waals surface area contributed by atoms with Crippen LogP contribution >= 0.6 is 0 Å². The molecule has 0 saturated carbocycles. The maximum absolute atomic E-state index is 14.6. The average molecular weight is 493 g/mol. The third-order valence-corrected chi connectivity index (χ3v) is 7.00. The van der Waals surface area contributed by atoms with Gasteiger partial charge < -0.3 is 24.7 Å². The standard InChI is InChI=1S/C26H25FN4O5/c27-19-6-3-15-4-8-23(33)31-12-16(24(19)25(15)31)11-28-9-1-2-18-13-30(26(34)36-18)17-5-7-21-20(10-17)29-22(32)14-35-21/h3-8,10,16,18,28H,1-2,9,11-14H2,(H,29,32)/t16-,18-/m1/s1. The van der Waals surface area contributed by atoms with Gasteiger partial charge in [0.1, 0.15) is 17.7 Å². The third kappa shape index (κ3) is 3.97. The van der Waals surface area contributed by atoms with Gasteiger partial charge in [-0.2, -0.15) is 0 Å². The fraction of sp³-hybridized carbons (Fsp3) is 0.346. The van der Waals surface area contributed by atoms with Gasteiger partial charge in [0.2, 0.25) is 0 Å². The summed E-state index contributed by atoms with van der Waals surface area (Å²) in [6.45, 7) is 2.08. The molecule has 0 radical (unpaired) electrons. The molecule has 36 heavy (non-hydrogen) atoms. The zero-order chi connectivity index (χ0) is 24.8. The lowest BCUT2D eigenvalue weighted by Crippen LogP contribution is -2.28. The van der Waals surface area contributed by atoms with Crippen molar-refractivity contribution >= 4 is 34.3 Å². The lowest BCUT2D eigenvalue weighted by molar-refractivity contribution is -0.118. The number of benzene rings is 2. The van der Waals surface area contributed by atoms with Gasteiger partial charge in [-0.15, -0.1) is 0 Å². The summed E-state index contributed by atoms with van der Waals surface area (Å²) in [7, 11) is 0. The van der Waals surface area contributed by atoms with E-state index < -0.39 is 6.09 Å². The molecule has 1 saturated heterocycles. The summed E-state index contributed by atoms with van der Waals surface area (Å²) in [5.41, 5.74) is 2.36. The van der Waals surface area contributed by atoms with Crippen LogP contribution in [-0.4, -0.2) is 48.9 Å². The van der Waals surface area contributed by atoms with E-state index in [1.165, 1.54) is 12.1 Å². The van der Waals surface area contributed by atoms with Gasteiger partial charge in [0.05, 0.1) is 17.7 Å². The Balaban J connectivity index is 1.02. The molecule has 2 aromatic carbocycles. The van der Waals surface area contributed by atoms with Crippen LogP contribution in [0.5, 0.6) is 5.75 Å². The number of carbonyl (C=O) groups is 2. The number of anilines is 2. The Morgan fingerprint density at radius 3 is 2.83 bits per heavy atom. The van der Waals surface area contributed by atoms with E-state index in [9.17, 15) is 18.8 Å². The third-order valence-electron chi connectivity index (χ3n) is 7.00. The molecule has 0 aliphatic carbocycles. The Bertz CT molecular complexity index is 1440. The van der Waals surface area contributed by atoms with Crippen molar-refractivity contribution < 1.29 is 23.5 Å². The molecule has 0 spiro atoms. The minimum Gasteiger partial charge on any atom is -0.482 e. The molecule has 2 atom stereocenters. The molecule has 3 aliphatic heterocycles. The minimum atomic E-state index is -0.423. The number of cyclic esters (lactones) is 1. The lowest BCUT2D eigenvalue weighted by atomic mass is 9.99. The zero-order valence-electron chi connectivity index (χ0n) is 19.5. The molecule has 3 aliphatic rings. The molecule has 1 aromatic heterocycles. The van der Waals surface area contributed by atoms with E-state index >= 15 is 0 Å². The summed E-state index contributed by atoms with van der Waals surface area (Å²) in [4.78, 5) is 37.8. The highest BCUT2D eigenvalue weighted by molar-refractivity contribution is 5.97. The fourth-order valence-electron chi connectivity index (χ4n) is 5.30. The molecular weight excluding hydrogens is 467 g/mol. The van der Waals surface area contributed by atoms with Crippen LogP contribution in [0.4, 0.5) is 20.6 Å². The number of hydrogen-bond donors (Lipinski definition) is 2. The number of carbonyl (C=O) groups excluding carboxylic acids is 2. The minimum absolute atomic E-state index is 0.0228. The van der Waals surface area contributed by atoms with Crippen molar-refractivity contribution in [3.63, 3.8) is 0 Å². The van der Waals surface area contributed by atoms with Crippen molar-refractivity contribution in [2.24, 2.45) is 0 Å². The SMILES string of the molecule is O=C1COc2ccc(N3C[C@@H](CCCNC[C@@H]4Cn5c(=O)ccc6ccc(F)c4c65)OC3=O)cc2N1. The molecule has 2 N–H and O–H groups in total. The van der Waals surface area contributed by atoms with E-state index in [1.807, 2.05) is 0 Å². The van der Waals surface area contributed by atoms with Crippen molar-refractivity contribution in [2.75, 3.05) is 36.5 Å². The molecule has 2 amide bonds. The molecule has 9 nitrogen and oxygen atoms in total. The van der Waals surface area contributed by atoms with Gasteiger partial charge in [-0.3, -0.25) is 14.5 Å². The number of halogens is 1. The summed E-state index contributed by atoms with van der Waals surface area (Å²) >= 11 is 0. The van der Waals surface area contributed by atoms with Gasteiger partial charge in [-0.05, 0) is 61.2 Å². The Morgan fingerprint density at radius 2 is 1.94 bits per heavy atom. The first kappa shape index (κ1) is 22.5. The van der Waals surface area contributed by atoms with Gasteiger partial charge in [0.15, 0.2) is 6.61 Å². The summed E-state index contributed by atoms with van der Waals surface area (Å²) < 4.78 is 27.2. The van der Waals surface area contributed by atoms with E-state index in [0.29, 0.717) is 60.8 Å². The Morgan fingerprint density at radius 1 is 1.08 bits per heavy atom. The highest BCUT2D eigenvalue weighted by Crippen LogP contribution is 2.35. The smallest absolute Gasteiger partial charge is 0.414 e.